The van der Waals surface area contributed by atoms with Gasteiger partial charge in [-0.15, -0.1) is 13.2 Å². The molecular weight excluding hydrogens is 235 g/mol. The number of nitrogens with zero attached hydrogens (tertiary/aromatic N) is 1. The Balaban J connectivity index is 2.45. The summed E-state index contributed by atoms with van der Waals surface area (Å²) in [6.07, 6.45) is -3.23. The monoisotopic (exact) mass is 243 g/mol. The molecule has 0 unspecified atom stereocenters. The predicted molar refractivity (Wildman–Crippen MR) is 55.0 cm³/mol. The molecule has 0 aliphatic carbocycles. The second-order valence-corrected chi connectivity index (χ2v) is 3.25. The van der Waals surface area contributed by atoms with Crippen molar-refractivity contribution in [2.75, 3.05) is 7.11 Å². The van der Waals surface area contributed by atoms with E-state index < -0.39 is 6.36 Å². The highest BCUT2D eigenvalue weighted by atomic mass is 19.4. The number of hydrogen-bond acceptors (Lipinski definition) is 3. The van der Waals surface area contributed by atoms with Crippen LogP contribution in [0.5, 0.6) is 11.6 Å². The van der Waals surface area contributed by atoms with Gasteiger partial charge in [0.2, 0.25) is 5.88 Å². The fourth-order valence-corrected chi connectivity index (χ4v) is 1.49. The molecule has 2 rings (SSSR count). The summed E-state index contributed by atoms with van der Waals surface area (Å²) in [5.41, 5.74) is 0. The topological polar surface area (TPSA) is 31.4 Å². The van der Waals surface area contributed by atoms with Crippen LogP contribution < -0.4 is 9.47 Å². The van der Waals surface area contributed by atoms with E-state index in [-0.39, 0.29) is 5.75 Å². The van der Waals surface area contributed by atoms with Crippen molar-refractivity contribution < 1.29 is 22.6 Å². The average molecular weight is 243 g/mol. The molecule has 0 aliphatic heterocycles. The molecule has 0 radical (unpaired) electrons. The van der Waals surface area contributed by atoms with Crippen molar-refractivity contribution >= 4 is 10.8 Å². The summed E-state index contributed by atoms with van der Waals surface area (Å²) in [4.78, 5) is 3.94. The number of alkyl halides is 3. The van der Waals surface area contributed by atoms with Gasteiger partial charge in [-0.25, -0.2) is 4.98 Å². The zero-order valence-corrected chi connectivity index (χ0v) is 8.78. The molecule has 0 aliphatic rings. The van der Waals surface area contributed by atoms with Crippen molar-refractivity contribution in [1.29, 1.82) is 0 Å². The SMILES string of the molecule is COc1nccc2cc(OC(F)(F)F)ccc12. The maximum atomic E-state index is 12.0. The van der Waals surface area contributed by atoms with Gasteiger partial charge >= 0.3 is 6.36 Å². The van der Waals surface area contributed by atoms with E-state index in [0.717, 1.165) is 0 Å². The summed E-state index contributed by atoms with van der Waals surface area (Å²) in [6, 6.07) is 5.57. The fourth-order valence-electron chi connectivity index (χ4n) is 1.49. The largest absolute Gasteiger partial charge is 0.573 e. The molecule has 17 heavy (non-hydrogen) atoms. The zero-order valence-electron chi connectivity index (χ0n) is 8.78. The third-order valence-electron chi connectivity index (χ3n) is 2.13. The molecule has 3 nitrogen and oxygen atoms in total. The van der Waals surface area contributed by atoms with Crippen LogP contribution in [0.25, 0.3) is 10.8 Å². The lowest BCUT2D eigenvalue weighted by Crippen LogP contribution is -2.16. The summed E-state index contributed by atoms with van der Waals surface area (Å²) in [5, 5.41) is 1.20. The molecule has 0 N–H and O–H groups in total. The minimum Gasteiger partial charge on any atom is -0.481 e. The van der Waals surface area contributed by atoms with Gasteiger partial charge in [-0.2, -0.15) is 0 Å². The second kappa shape index (κ2) is 4.12. The smallest absolute Gasteiger partial charge is 0.481 e. The number of methoxy groups -OCH3 is 1. The van der Waals surface area contributed by atoms with Gasteiger partial charge < -0.3 is 9.47 Å². The van der Waals surface area contributed by atoms with Crippen molar-refractivity contribution in [2.45, 2.75) is 6.36 Å². The lowest BCUT2D eigenvalue weighted by molar-refractivity contribution is -0.274. The van der Waals surface area contributed by atoms with E-state index >= 15 is 0 Å². The van der Waals surface area contributed by atoms with Gasteiger partial charge in [0.05, 0.1) is 7.11 Å². The Morgan fingerprint density at radius 2 is 1.94 bits per heavy atom. The predicted octanol–water partition coefficient (Wildman–Crippen LogP) is 3.14. The summed E-state index contributed by atoms with van der Waals surface area (Å²) in [7, 11) is 1.45. The lowest BCUT2D eigenvalue weighted by atomic mass is 10.1. The molecule has 0 amide bonds. The molecule has 1 aromatic heterocycles. The average Bonchev–Trinajstić information content (AvgIpc) is 2.25. The third-order valence-corrected chi connectivity index (χ3v) is 2.13. The summed E-state index contributed by atoms with van der Waals surface area (Å²) in [6.45, 7) is 0. The Kier molecular flexibility index (Phi) is 2.79. The Morgan fingerprint density at radius 1 is 1.18 bits per heavy atom. The first-order valence-corrected chi connectivity index (χ1v) is 4.68. The van der Waals surface area contributed by atoms with E-state index in [1.807, 2.05) is 0 Å². The number of ether oxygens (including phenoxy) is 2. The molecule has 2 aromatic rings. The van der Waals surface area contributed by atoms with Crippen LogP contribution in [-0.2, 0) is 0 Å². The van der Waals surface area contributed by atoms with Crippen molar-refractivity contribution in [3.8, 4) is 11.6 Å². The number of aromatic nitrogens is 1. The molecule has 0 bridgehead atoms. The molecule has 6 heteroatoms. The van der Waals surface area contributed by atoms with Gasteiger partial charge in [0.25, 0.3) is 0 Å². The van der Waals surface area contributed by atoms with Crippen molar-refractivity contribution in [2.24, 2.45) is 0 Å². The Hall–Kier alpha value is -1.98. The van der Waals surface area contributed by atoms with Crippen LogP contribution in [0.1, 0.15) is 0 Å². The number of halogens is 3. The maximum Gasteiger partial charge on any atom is 0.573 e. The van der Waals surface area contributed by atoms with E-state index in [2.05, 4.69) is 9.72 Å². The van der Waals surface area contributed by atoms with Crippen molar-refractivity contribution in [3.05, 3.63) is 30.5 Å². The molecule has 0 saturated carbocycles. The Bertz CT molecular complexity index is 540. The van der Waals surface area contributed by atoms with Crippen molar-refractivity contribution in [3.63, 3.8) is 0 Å². The lowest BCUT2D eigenvalue weighted by Gasteiger charge is -2.10. The van der Waals surface area contributed by atoms with E-state index in [1.165, 1.54) is 31.5 Å². The van der Waals surface area contributed by atoms with Gasteiger partial charge in [-0.3, -0.25) is 0 Å². The maximum absolute atomic E-state index is 12.0. The van der Waals surface area contributed by atoms with Crippen LogP contribution in [0, 0.1) is 0 Å². The first kappa shape index (κ1) is 11.5. The molecule has 0 fully saturated rings. The summed E-state index contributed by atoms with van der Waals surface area (Å²) in [5.74, 6) is 0.0966. The van der Waals surface area contributed by atoms with E-state index in [1.54, 1.807) is 6.07 Å². The van der Waals surface area contributed by atoms with Crippen LogP contribution >= 0.6 is 0 Å². The number of benzene rings is 1. The number of pyridine rings is 1. The van der Waals surface area contributed by atoms with Crippen LogP contribution in [0.2, 0.25) is 0 Å². The van der Waals surface area contributed by atoms with E-state index in [0.29, 0.717) is 16.7 Å². The highest BCUT2D eigenvalue weighted by molar-refractivity contribution is 5.87. The zero-order chi connectivity index (χ0) is 12.5. The van der Waals surface area contributed by atoms with E-state index in [4.69, 9.17) is 4.74 Å². The fraction of sp³-hybridized carbons (Fsp3) is 0.182. The highest BCUT2D eigenvalue weighted by Crippen LogP contribution is 2.29. The van der Waals surface area contributed by atoms with Gasteiger partial charge in [0.15, 0.2) is 0 Å². The number of rotatable bonds is 2. The van der Waals surface area contributed by atoms with Crippen molar-refractivity contribution in [1.82, 2.24) is 4.98 Å². The minimum atomic E-state index is -4.69. The molecule has 0 saturated heterocycles. The number of hydrogen-bond donors (Lipinski definition) is 0. The standard InChI is InChI=1S/C11H8F3NO2/c1-16-10-9-3-2-8(17-11(12,13)14)6-7(9)4-5-15-10/h2-6H,1H3. The van der Waals surface area contributed by atoms with Crippen LogP contribution in [0.3, 0.4) is 0 Å². The molecule has 0 spiro atoms. The second-order valence-electron chi connectivity index (χ2n) is 3.25. The van der Waals surface area contributed by atoms with Gasteiger partial charge in [0.1, 0.15) is 5.75 Å². The van der Waals surface area contributed by atoms with Crippen LogP contribution in [-0.4, -0.2) is 18.5 Å². The third kappa shape index (κ3) is 2.58. The normalized spacial score (nSPS) is 11.5. The van der Waals surface area contributed by atoms with E-state index in [9.17, 15) is 13.2 Å². The number of fused-ring (bicyclic) bond motifs is 1. The first-order chi connectivity index (χ1) is 7.99. The molecule has 1 heterocycles. The summed E-state index contributed by atoms with van der Waals surface area (Å²) >= 11 is 0. The first-order valence-electron chi connectivity index (χ1n) is 4.68. The molecular formula is C11H8F3NO2. The van der Waals surface area contributed by atoms with Gasteiger partial charge in [0, 0.05) is 11.6 Å². The molecule has 0 atom stereocenters. The van der Waals surface area contributed by atoms with Gasteiger partial charge in [-0.1, -0.05) is 0 Å². The summed E-state index contributed by atoms with van der Waals surface area (Å²) < 4.78 is 44.9. The molecule has 1 aromatic carbocycles. The quantitative estimate of drug-likeness (QED) is 0.811. The highest BCUT2D eigenvalue weighted by Gasteiger charge is 2.31. The Morgan fingerprint density at radius 3 is 2.59 bits per heavy atom. The Labute approximate surface area is 94.8 Å². The van der Waals surface area contributed by atoms with Crippen LogP contribution in [0.15, 0.2) is 30.5 Å². The van der Waals surface area contributed by atoms with Crippen LogP contribution in [0.4, 0.5) is 13.2 Å². The van der Waals surface area contributed by atoms with Gasteiger partial charge in [-0.05, 0) is 29.7 Å². The molecule has 90 valence electrons. The minimum absolute atomic E-state index is 0.266.